The topological polar surface area (TPSA) is 66.9 Å². The molecule has 2 rings (SSSR count). The normalized spacial score (nSPS) is 10.1. The molecule has 0 aliphatic heterocycles. The lowest BCUT2D eigenvalue weighted by molar-refractivity contribution is -0.114. The molecule has 0 bridgehead atoms. The molecule has 1 aromatic carbocycles. The summed E-state index contributed by atoms with van der Waals surface area (Å²) in [6, 6.07) is 9.58. The minimum atomic E-state index is -0.163. The highest BCUT2D eigenvalue weighted by atomic mass is 16.1. The molecule has 98 valence electrons. The maximum atomic E-state index is 10.9. The van der Waals surface area contributed by atoms with Crippen molar-refractivity contribution in [3.8, 4) is 0 Å². The number of amides is 1. The van der Waals surface area contributed by atoms with Gasteiger partial charge in [-0.25, -0.2) is 0 Å². The number of carbonyl (C=O) groups is 1. The van der Waals surface area contributed by atoms with E-state index in [0.29, 0.717) is 11.6 Å². The van der Waals surface area contributed by atoms with E-state index < -0.39 is 0 Å². The molecule has 0 aliphatic carbocycles. The van der Waals surface area contributed by atoms with Crippen LogP contribution in [-0.2, 0) is 4.79 Å². The second-order valence-corrected chi connectivity index (χ2v) is 4.41. The van der Waals surface area contributed by atoms with Crippen LogP contribution in [0.15, 0.2) is 30.3 Å². The van der Waals surface area contributed by atoms with Crippen LogP contribution in [0.4, 0.5) is 17.3 Å². The second-order valence-electron chi connectivity index (χ2n) is 4.41. The van der Waals surface area contributed by atoms with Crippen molar-refractivity contribution in [2.24, 2.45) is 0 Å². The van der Waals surface area contributed by atoms with Crippen molar-refractivity contribution in [2.45, 2.75) is 20.8 Å². The van der Waals surface area contributed by atoms with Gasteiger partial charge in [-0.05, 0) is 49.2 Å². The maximum Gasteiger partial charge on any atom is 0.222 e. The molecule has 0 radical (unpaired) electrons. The lowest BCUT2D eigenvalue weighted by Gasteiger charge is -2.08. The quantitative estimate of drug-likeness (QED) is 0.886. The van der Waals surface area contributed by atoms with Crippen LogP contribution in [0, 0.1) is 13.8 Å². The third-order valence-electron chi connectivity index (χ3n) is 2.75. The van der Waals surface area contributed by atoms with E-state index in [4.69, 9.17) is 0 Å². The van der Waals surface area contributed by atoms with Crippen LogP contribution in [-0.4, -0.2) is 16.1 Å². The Kier molecular flexibility index (Phi) is 3.75. The molecular weight excluding hydrogens is 240 g/mol. The van der Waals surface area contributed by atoms with Crippen molar-refractivity contribution in [3.63, 3.8) is 0 Å². The van der Waals surface area contributed by atoms with Gasteiger partial charge in [0.15, 0.2) is 11.6 Å². The van der Waals surface area contributed by atoms with Gasteiger partial charge in [-0.1, -0.05) is 6.07 Å². The first-order valence-corrected chi connectivity index (χ1v) is 6.00. The molecule has 2 aromatic rings. The molecule has 0 spiro atoms. The first-order valence-electron chi connectivity index (χ1n) is 6.00. The molecule has 5 nitrogen and oxygen atoms in total. The fraction of sp³-hybridized carbons (Fsp3) is 0.214. The van der Waals surface area contributed by atoms with Gasteiger partial charge in [0.25, 0.3) is 0 Å². The Bertz CT molecular complexity index is 593. The van der Waals surface area contributed by atoms with E-state index >= 15 is 0 Å². The van der Waals surface area contributed by atoms with Gasteiger partial charge in [-0.15, -0.1) is 10.2 Å². The van der Waals surface area contributed by atoms with Crippen LogP contribution in [0.2, 0.25) is 0 Å². The van der Waals surface area contributed by atoms with Gasteiger partial charge in [0.2, 0.25) is 5.91 Å². The van der Waals surface area contributed by atoms with Crippen molar-refractivity contribution in [2.75, 3.05) is 10.6 Å². The smallest absolute Gasteiger partial charge is 0.222 e. The summed E-state index contributed by atoms with van der Waals surface area (Å²) >= 11 is 0. The van der Waals surface area contributed by atoms with Crippen molar-refractivity contribution in [3.05, 3.63) is 41.5 Å². The number of rotatable bonds is 3. The summed E-state index contributed by atoms with van der Waals surface area (Å²) < 4.78 is 0. The molecule has 5 heteroatoms. The lowest BCUT2D eigenvalue weighted by Crippen LogP contribution is -2.08. The summed E-state index contributed by atoms with van der Waals surface area (Å²) in [5.74, 6) is 0.916. The number of aromatic nitrogens is 2. The average Bonchev–Trinajstić information content (AvgIpc) is 2.36. The molecule has 0 unspecified atom stereocenters. The summed E-state index contributed by atoms with van der Waals surface area (Å²) in [6.45, 7) is 5.57. The first kappa shape index (κ1) is 13.0. The molecule has 1 aromatic heterocycles. The molecule has 0 saturated carbocycles. The van der Waals surface area contributed by atoms with Crippen LogP contribution in [0.1, 0.15) is 18.1 Å². The monoisotopic (exact) mass is 256 g/mol. The summed E-state index contributed by atoms with van der Waals surface area (Å²) in [5.41, 5.74) is 3.43. The third kappa shape index (κ3) is 3.51. The van der Waals surface area contributed by atoms with E-state index in [1.807, 2.05) is 6.07 Å². The van der Waals surface area contributed by atoms with Gasteiger partial charge >= 0.3 is 0 Å². The molecule has 0 aliphatic rings. The SMILES string of the molecule is CC(=O)Nc1ccc(Nc2ccc(C)c(C)c2)nn1. The van der Waals surface area contributed by atoms with Gasteiger partial charge in [0.1, 0.15) is 0 Å². The van der Waals surface area contributed by atoms with Crippen LogP contribution in [0.25, 0.3) is 0 Å². The van der Waals surface area contributed by atoms with Crippen LogP contribution in [0.3, 0.4) is 0 Å². The number of aryl methyl sites for hydroxylation is 2. The highest BCUT2D eigenvalue weighted by Gasteiger charge is 2.01. The van der Waals surface area contributed by atoms with E-state index in [1.54, 1.807) is 12.1 Å². The Morgan fingerprint density at radius 1 is 1.00 bits per heavy atom. The van der Waals surface area contributed by atoms with Gasteiger partial charge in [0, 0.05) is 12.6 Å². The first-order chi connectivity index (χ1) is 9.04. The zero-order valence-electron chi connectivity index (χ0n) is 11.2. The number of hydrogen-bond donors (Lipinski definition) is 2. The van der Waals surface area contributed by atoms with E-state index in [9.17, 15) is 4.79 Å². The van der Waals surface area contributed by atoms with E-state index in [1.165, 1.54) is 18.1 Å². The minimum Gasteiger partial charge on any atom is -0.339 e. The number of carbonyl (C=O) groups excluding carboxylic acids is 1. The fourth-order valence-corrected chi connectivity index (χ4v) is 1.61. The second kappa shape index (κ2) is 5.48. The Morgan fingerprint density at radius 3 is 2.26 bits per heavy atom. The third-order valence-corrected chi connectivity index (χ3v) is 2.75. The summed E-state index contributed by atoms with van der Waals surface area (Å²) in [7, 11) is 0. The highest BCUT2D eigenvalue weighted by Crippen LogP contribution is 2.18. The standard InChI is InChI=1S/C14H16N4O/c1-9-4-5-12(8-10(9)2)16-14-7-6-13(17-18-14)15-11(3)19/h4-8H,1-3H3,(H,16,18)(H,15,17,19). The molecule has 2 N–H and O–H groups in total. The number of benzene rings is 1. The highest BCUT2D eigenvalue weighted by molar-refractivity contribution is 5.87. The zero-order chi connectivity index (χ0) is 13.8. The van der Waals surface area contributed by atoms with Gasteiger partial charge in [-0.3, -0.25) is 4.79 Å². The van der Waals surface area contributed by atoms with Crippen LogP contribution >= 0.6 is 0 Å². The van der Waals surface area contributed by atoms with Crippen molar-refractivity contribution in [1.29, 1.82) is 0 Å². The number of hydrogen-bond acceptors (Lipinski definition) is 4. The molecule has 0 fully saturated rings. The van der Waals surface area contributed by atoms with Gasteiger partial charge in [-0.2, -0.15) is 0 Å². The van der Waals surface area contributed by atoms with Crippen molar-refractivity contribution in [1.82, 2.24) is 10.2 Å². The Balaban J connectivity index is 2.10. The summed E-state index contributed by atoms with van der Waals surface area (Å²) in [6.07, 6.45) is 0. The Morgan fingerprint density at radius 2 is 1.68 bits per heavy atom. The summed E-state index contributed by atoms with van der Waals surface area (Å²) in [5, 5.41) is 13.7. The Labute approximate surface area is 112 Å². The number of nitrogens with one attached hydrogen (secondary N) is 2. The molecule has 0 saturated heterocycles. The van der Waals surface area contributed by atoms with Crippen molar-refractivity contribution >= 4 is 23.2 Å². The fourth-order valence-electron chi connectivity index (χ4n) is 1.61. The number of anilines is 3. The van der Waals surface area contributed by atoms with Crippen molar-refractivity contribution < 1.29 is 4.79 Å². The predicted molar refractivity (Wildman–Crippen MR) is 75.5 cm³/mol. The minimum absolute atomic E-state index is 0.163. The van der Waals surface area contributed by atoms with Gasteiger partial charge in [0.05, 0.1) is 0 Å². The average molecular weight is 256 g/mol. The molecule has 1 amide bonds. The van der Waals surface area contributed by atoms with Crippen LogP contribution < -0.4 is 10.6 Å². The van der Waals surface area contributed by atoms with E-state index in [2.05, 4.69) is 46.8 Å². The zero-order valence-corrected chi connectivity index (χ0v) is 11.2. The Hall–Kier alpha value is -2.43. The summed E-state index contributed by atoms with van der Waals surface area (Å²) in [4.78, 5) is 10.9. The molecule has 19 heavy (non-hydrogen) atoms. The lowest BCUT2D eigenvalue weighted by atomic mass is 10.1. The largest absolute Gasteiger partial charge is 0.339 e. The van der Waals surface area contributed by atoms with E-state index in [-0.39, 0.29) is 5.91 Å². The van der Waals surface area contributed by atoms with Crippen LogP contribution in [0.5, 0.6) is 0 Å². The van der Waals surface area contributed by atoms with E-state index in [0.717, 1.165) is 5.69 Å². The maximum absolute atomic E-state index is 10.9. The molecule has 0 atom stereocenters. The predicted octanol–water partition coefficient (Wildman–Crippen LogP) is 2.80. The molecule has 1 heterocycles. The molecular formula is C14H16N4O. The van der Waals surface area contributed by atoms with Gasteiger partial charge < -0.3 is 10.6 Å². The number of nitrogens with zero attached hydrogens (tertiary/aromatic N) is 2.